The maximum Gasteiger partial charge on any atom is 0.314 e. The van der Waals surface area contributed by atoms with E-state index in [0.717, 1.165) is 5.75 Å². The van der Waals surface area contributed by atoms with Gasteiger partial charge >= 0.3 is 5.97 Å². The molecule has 1 aliphatic rings. The summed E-state index contributed by atoms with van der Waals surface area (Å²) in [6.07, 6.45) is 2.13. The Morgan fingerprint density at radius 1 is 1.75 bits per heavy atom. The van der Waals surface area contributed by atoms with Gasteiger partial charge in [0.05, 0.1) is 12.4 Å². The molecule has 0 aromatic rings. The van der Waals surface area contributed by atoms with Crippen molar-refractivity contribution in [3.63, 3.8) is 0 Å². The van der Waals surface area contributed by atoms with Crippen LogP contribution in [0.2, 0.25) is 0 Å². The number of thiol groups is 1. The highest BCUT2D eigenvalue weighted by atomic mass is 32.2. The summed E-state index contributed by atoms with van der Waals surface area (Å²) in [5.74, 6) is 1.76. The van der Waals surface area contributed by atoms with Crippen LogP contribution in [0.5, 0.6) is 0 Å². The van der Waals surface area contributed by atoms with Crippen molar-refractivity contribution in [2.45, 2.75) is 0 Å². The molecule has 1 aliphatic heterocycles. The number of esters is 1. The first-order chi connectivity index (χ1) is 3.79. The highest BCUT2D eigenvalue weighted by Gasteiger charge is 2.12. The molecule has 0 N–H and O–H groups in total. The van der Waals surface area contributed by atoms with Crippen LogP contribution in [0.1, 0.15) is 0 Å². The number of hydrogen-bond acceptors (Lipinski definition) is 2. The lowest BCUT2D eigenvalue weighted by Crippen LogP contribution is -2.20. The average molecular weight is 134 g/mol. The minimum Gasteiger partial charge on any atom is -0.464 e. The van der Waals surface area contributed by atoms with E-state index in [4.69, 9.17) is 4.74 Å². The van der Waals surface area contributed by atoms with Crippen molar-refractivity contribution in [1.82, 2.24) is 0 Å². The Morgan fingerprint density at radius 2 is 2.50 bits per heavy atom. The van der Waals surface area contributed by atoms with Crippen molar-refractivity contribution < 1.29 is 9.53 Å². The van der Waals surface area contributed by atoms with E-state index in [0.29, 0.717) is 12.4 Å². The summed E-state index contributed by atoms with van der Waals surface area (Å²) in [7, 11) is -0.00553. The summed E-state index contributed by atoms with van der Waals surface area (Å²) in [5, 5.41) is 0. The molecule has 1 saturated heterocycles. The topological polar surface area (TPSA) is 26.3 Å². The summed E-state index contributed by atoms with van der Waals surface area (Å²) >= 11 is 0. The van der Waals surface area contributed by atoms with Gasteiger partial charge < -0.3 is 4.74 Å². The second-order valence-corrected chi connectivity index (χ2v) is 4.43. The van der Waals surface area contributed by atoms with E-state index in [-0.39, 0.29) is 16.9 Å². The van der Waals surface area contributed by atoms with Gasteiger partial charge in [-0.25, -0.2) is 10.9 Å². The van der Waals surface area contributed by atoms with Gasteiger partial charge in [0, 0.05) is 5.75 Å². The SMILES string of the molecule is C[SH]1CCOC(=O)C1. The fourth-order valence-corrected chi connectivity index (χ4v) is 1.75. The van der Waals surface area contributed by atoms with Gasteiger partial charge in [-0.05, 0) is 6.26 Å². The first kappa shape index (κ1) is 5.95. The van der Waals surface area contributed by atoms with Crippen LogP contribution in [-0.4, -0.2) is 30.3 Å². The second-order valence-electron chi connectivity index (χ2n) is 1.96. The van der Waals surface area contributed by atoms with Crippen LogP contribution in [0.4, 0.5) is 0 Å². The van der Waals surface area contributed by atoms with Crippen molar-refractivity contribution >= 4 is 16.9 Å². The third-order valence-corrected chi connectivity index (χ3v) is 2.88. The fraction of sp³-hybridized carbons (Fsp3) is 0.800. The van der Waals surface area contributed by atoms with E-state index >= 15 is 0 Å². The second kappa shape index (κ2) is 2.40. The third kappa shape index (κ3) is 1.40. The summed E-state index contributed by atoms with van der Waals surface area (Å²) in [6, 6.07) is 0. The van der Waals surface area contributed by atoms with E-state index in [1.165, 1.54) is 0 Å². The predicted molar refractivity (Wildman–Crippen MR) is 35.6 cm³/mol. The molecule has 2 nitrogen and oxygen atoms in total. The number of ether oxygens (including phenoxy) is 1. The van der Waals surface area contributed by atoms with Crippen LogP contribution in [0.15, 0.2) is 0 Å². The van der Waals surface area contributed by atoms with E-state index in [1.807, 2.05) is 0 Å². The van der Waals surface area contributed by atoms with Gasteiger partial charge in [-0.1, -0.05) is 0 Å². The summed E-state index contributed by atoms with van der Waals surface area (Å²) in [6.45, 7) is 0.654. The van der Waals surface area contributed by atoms with Gasteiger partial charge in [-0.2, -0.15) is 0 Å². The van der Waals surface area contributed by atoms with Gasteiger partial charge in [-0.15, -0.1) is 0 Å². The van der Waals surface area contributed by atoms with Gasteiger partial charge in [0.1, 0.15) is 0 Å². The van der Waals surface area contributed by atoms with Gasteiger partial charge in [-0.3, -0.25) is 4.79 Å². The molecular weight excluding hydrogens is 124 g/mol. The molecule has 3 heteroatoms. The summed E-state index contributed by atoms with van der Waals surface area (Å²) < 4.78 is 4.73. The van der Waals surface area contributed by atoms with E-state index in [9.17, 15) is 4.79 Å². The molecular formula is C5H10O2S. The largest absolute Gasteiger partial charge is 0.464 e. The lowest BCUT2D eigenvalue weighted by Gasteiger charge is -2.19. The maximum atomic E-state index is 10.5. The monoisotopic (exact) mass is 134 g/mol. The quantitative estimate of drug-likeness (QED) is 0.377. The smallest absolute Gasteiger partial charge is 0.314 e. The normalized spacial score (nSPS) is 34.1. The Balaban J connectivity index is 2.34. The fourth-order valence-electron chi connectivity index (χ4n) is 0.660. The van der Waals surface area contributed by atoms with Crippen molar-refractivity contribution in [2.24, 2.45) is 0 Å². The molecule has 1 atom stereocenters. The molecule has 0 aliphatic carbocycles. The molecule has 0 spiro atoms. The van der Waals surface area contributed by atoms with Crippen molar-refractivity contribution in [3.05, 3.63) is 0 Å². The number of hydrogen-bond donors (Lipinski definition) is 1. The molecule has 1 unspecified atom stereocenters. The Bertz CT molecular complexity index is 103. The molecule has 1 rings (SSSR count). The lowest BCUT2D eigenvalue weighted by atomic mass is 10.7. The van der Waals surface area contributed by atoms with Crippen LogP contribution >= 0.6 is 10.9 Å². The van der Waals surface area contributed by atoms with Gasteiger partial charge in [0.25, 0.3) is 0 Å². The minimum absolute atomic E-state index is 0.00553. The Hall–Kier alpha value is -0.180. The van der Waals surface area contributed by atoms with Gasteiger partial charge in [0.15, 0.2) is 0 Å². The van der Waals surface area contributed by atoms with Crippen molar-refractivity contribution in [3.8, 4) is 0 Å². The molecule has 0 saturated carbocycles. The van der Waals surface area contributed by atoms with E-state index in [1.54, 1.807) is 0 Å². The number of carbonyl (C=O) groups is 1. The first-order valence-electron chi connectivity index (χ1n) is 2.63. The summed E-state index contributed by atoms with van der Waals surface area (Å²) in [5.41, 5.74) is 0. The molecule has 1 heterocycles. The molecule has 1 fully saturated rings. The zero-order valence-corrected chi connectivity index (χ0v) is 5.78. The molecule has 8 heavy (non-hydrogen) atoms. The number of carbonyl (C=O) groups excluding carboxylic acids is 1. The zero-order valence-electron chi connectivity index (χ0n) is 4.89. The summed E-state index contributed by atoms with van der Waals surface area (Å²) in [4.78, 5) is 10.5. The standard InChI is InChI=1S/C5H10O2S/c1-8-3-2-7-5(6)4-8/h8H,2-4H2,1H3. The van der Waals surface area contributed by atoms with Gasteiger partial charge in [0.2, 0.25) is 0 Å². The lowest BCUT2D eigenvalue weighted by molar-refractivity contribution is -0.140. The highest BCUT2D eigenvalue weighted by molar-refractivity contribution is 8.17. The zero-order chi connectivity index (χ0) is 5.98. The average Bonchev–Trinajstić information content (AvgIpc) is 1.64. The van der Waals surface area contributed by atoms with Crippen LogP contribution in [0.25, 0.3) is 0 Å². The first-order valence-corrected chi connectivity index (χ1v) is 4.79. The van der Waals surface area contributed by atoms with Crippen molar-refractivity contribution in [2.75, 3.05) is 24.4 Å². The van der Waals surface area contributed by atoms with Crippen molar-refractivity contribution in [1.29, 1.82) is 0 Å². The molecule has 0 amide bonds. The third-order valence-electron chi connectivity index (χ3n) is 1.14. The van der Waals surface area contributed by atoms with Crippen LogP contribution in [-0.2, 0) is 9.53 Å². The molecule has 0 aromatic carbocycles. The van der Waals surface area contributed by atoms with Crippen LogP contribution in [0.3, 0.4) is 0 Å². The maximum absolute atomic E-state index is 10.5. The molecule has 0 aromatic heterocycles. The molecule has 48 valence electrons. The Labute approximate surface area is 51.6 Å². The number of cyclic esters (lactones) is 1. The molecule has 0 bridgehead atoms. The van der Waals surface area contributed by atoms with E-state index < -0.39 is 0 Å². The Morgan fingerprint density at radius 3 is 2.88 bits per heavy atom. The van der Waals surface area contributed by atoms with Crippen LogP contribution < -0.4 is 0 Å². The minimum atomic E-state index is -0.00939. The number of rotatable bonds is 0. The van der Waals surface area contributed by atoms with Crippen LogP contribution in [0, 0.1) is 0 Å². The Kier molecular flexibility index (Phi) is 1.78. The highest BCUT2D eigenvalue weighted by Crippen LogP contribution is 2.22. The predicted octanol–water partition coefficient (Wildman–Crippen LogP) is 0.174. The molecule has 0 radical (unpaired) electrons. The van der Waals surface area contributed by atoms with E-state index in [2.05, 4.69) is 6.26 Å².